The monoisotopic (exact) mass is 414 g/mol. The Labute approximate surface area is 186 Å². The van der Waals surface area contributed by atoms with Crippen molar-refractivity contribution in [3.05, 3.63) is 97.1 Å². The van der Waals surface area contributed by atoms with E-state index in [1.165, 1.54) is 32.3 Å². The molecule has 6 rings (SSSR count). The lowest BCUT2D eigenvalue weighted by atomic mass is 9.91. The van der Waals surface area contributed by atoms with Crippen LogP contribution in [0.4, 0.5) is 0 Å². The van der Waals surface area contributed by atoms with Gasteiger partial charge in [-0.05, 0) is 62.1 Å². The molecule has 0 N–H and O–H groups in total. The fourth-order valence-corrected chi connectivity index (χ4v) is 5.00. The van der Waals surface area contributed by atoms with E-state index in [9.17, 15) is 0 Å². The van der Waals surface area contributed by atoms with Gasteiger partial charge in [-0.3, -0.25) is 0 Å². The second-order valence-corrected chi connectivity index (χ2v) is 8.05. The normalized spacial score (nSPS) is 11.4. The van der Waals surface area contributed by atoms with E-state index in [-0.39, 0.29) is 0 Å². The maximum absolute atomic E-state index is 5.93. The highest BCUT2D eigenvalue weighted by atomic mass is 16.5. The molecule has 0 unspecified atom stereocenters. The van der Waals surface area contributed by atoms with Crippen molar-refractivity contribution >= 4 is 43.1 Å². The van der Waals surface area contributed by atoms with Crippen LogP contribution in [0.15, 0.2) is 97.1 Å². The first-order chi connectivity index (χ1) is 15.8. The van der Waals surface area contributed by atoms with E-state index in [2.05, 4.69) is 84.9 Å². The Morgan fingerprint density at radius 3 is 1.62 bits per heavy atom. The first-order valence-electron chi connectivity index (χ1n) is 10.8. The Balaban J connectivity index is 1.69. The molecule has 0 saturated heterocycles. The molecule has 0 heterocycles. The molecule has 0 aliphatic carbocycles. The van der Waals surface area contributed by atoms with Crippen LogP contribution in [0.25, 0.3) is 54.2 Å². The average molecular weight is 415 g/mol. The molecule has 0 saturated carbocycles. The van der Waals surface area contributed by atoms with E-state index in [4.69, 9.17) is 9.47 Å². The summed E-state index contributed by atoms with van der Waals surface area (Å²) in [5.74, 6) is 1.72. The summed E-state index contributed by atoms with van der Waals surface area (Å²) < 4.78 is 11.5. The summed E-state index contributed by atoms with van der Waals surface area (Å²) in [7, 11) is 3.44. The molecule has 0 fully saturated rings. The van der Waals surface area contributed by atoms with Gasteiger partial charge in [-0.1, -0.05) is 72.8 Å². The van der Waals surface area contributed by atoms with Crippen molar-refractivity contribution in [2.75, 3.05) is 14.2 Å². The van der Waals surface area contributed by atoms with Gasteiger partial charge in [-0.15, -0.1) is 0 Å². The molecule has 0 aliphatic rings. The van der Waals surface area contributed by atoms with Gasteiger partial charge < -0.3 is 9.47 Å². The third-order valence-corrected chi connectivity index (χ3v) is 6.45. The molecule has 32 heavy (non-hydrogen) atoms. The van der Waals surface area contributed by atoms with Gasteiger partial charge in [-0.25, -0.2) is 0 Å². The Hall–Kier alpha value is -4.04. The number of fused-ring (bicyclic) bond motifs is 7. The van der Waals surface area contributed by atoms with Crippen molar-refractivity contribution in [2.24, 2.45) is 0 Å². The Morgan fingerprint density at radius 1 is 0.438 bits per heavy atom. The topological polar surface area (TPSA) is 18.5 Å². The van der Waals surface area contributed by atoms with E-state index in [0.717, 1.165) is 33.4 Å². The maximum atomic E-state index is 5.93. The number of ether oxygens (including phenoxy) is 2. The van der Waals surface area contributed by atoms with Gasteiger partial charge in [-0.2, -0.15) is 0 Å². The van der Waals surface area contributed by atoms with Crippen molar-refractivity contribution in [2.45, 2.75) is 0 Å². The van der Waals surface area contributed by atoms with Crippen LogP contribution in [0.5, 0.6) is 11.5 Å². The van der Waals surface area contributed by atoms with Crippen molar-refractivity contribution in [3.63, 3.8) is 0 Å². The maximum Gasteiger partial charge on any atom is 0.134 e. The molecule has 0 aromatic heterocycles. The van der Waals surface area contributed by atoms with Gasteiger partial charge in [0.1, 0.15) is 11.5 Å². The van der Waals surface area contributed by atoms with Crippen molar-refractivity contribution in [3.8, 4) is 22.6 Å². The zero-order chi connectivity index (χ0) is 21.7. The minimum atomic E-state index is 0.850. The molecular weight excluding hydrogens is 392 g/mol. The van der Waals surface area contributed by atoms with Gasteiger partial charge in [0.2, 0.25) is 0 Å². The summed E-state index contributed by atoms with van der Waals surface area (Å²) in [4.78, 5) is 0. The van der Waals surface area contributed by atoms with Gasteiger partial charge in [0.05, 0.1) is 14.2 Å². The van der Waals surface area contributed by atoms with E-state index >= 15 is 0 Å². The lowest BCUT2D eigenvalue weighted by Gasteiger charge is -2.16. The predicted octanol–water partition coefficient (Wildman–Crippen LogP) is 7.98. The molecule has 0 amide bonds. The summed E-state index contributed by atoms with van der Waals surface area (Å²) in [6, 6.07) is 34.4. The van der Waals surface area contributed by atoms with Gasteiger partial charge in [0, 0.05) is 16.3 Å². The Kier molecular flexibility index (Phi) is 4.26. The van der Waals surface area contributed by atoms with Gasteiger partial charge in [0.25, 0.3) is 0 Å². The molecule has 2 heteroatoms. The van der Waals surface area contributed by atoms with Crippen LogP contribution < -0.4 is 9.47 Å². The number of rotatable bonds is 3. The van der Waals surface area contributed by atoms with Crippen molar-refractivity contribution in [1.29, 1.82) is 0 Å². The fourth-order valence-electron chi connectivity index (χ4n) is 5.00. The first-order valence-corrected chi connectivity index (χ1v) is 10.8. The molecule has 6 aromatic rings. The molecule has 0 bridgehead atoms. The molecule has 0 radical (unpaired) electrons. The second kappa shape index (κ2) is 7.28. The quantitative estimate of drug-likeness (QED) is 0.273. The molecule has 154 valence electrons. The molecule has 0 aliphatic heterocycles. The van der Waals surface area contributed by atoms with E-state index in [1.54, 1.807) is 14.2 Å². The van der Waals surface area contributed by atoms with E-state index in [1.807, 2.05) is 12.1 Å². The average Bonchev–Trinajstić information content (AvgIpc) is 2.87. The molecule has 2 nitrogen and oxygen atoms in total. The van der Waals surface area contributed by atoms with Crippen LogP contribution in [0.3, 0.4) is 0 Å². The highest BCUT2D eigenvalue weighted by Gasteiger charge is 2.15. The SMILES string of the molecule is COc1cccc2c(OC)c(-c3ccc4c5ccccc5c5ccccc5c4c3)ccc12. The van der Waals surface area contributed by atoms with Gasteiger partial charge in [0.15, 0.2) is 0 Å². The lowest BCUT2D eigenvalue weighted by molar-refractivity contribution is 0.416. The van der Waals surface area contributed by atoms with Crippen LogP contribution in [-0.2, 0) is 0 Å². The molecular formula is C30H22O2. The minimum absolute atomic E-state index is 0.850. The summed E-state index contributed by atoms with van der Waals surface area (Å²) in [6.07, 6.45) is 0. The van der Waals surface area contributed by atoms with Crippen molar-refractivity contribution < 1.29 is 9.47 Å². The molecule has 6 aromatic carbocycles. The lowest BCUT2D eigenvalue weighted by Crippen LogP contribution is -1.92. The zero-order valence-corrected chi connectivity index (χ0v) is 18.1. The van der Waals surface area contributed by atoms with Crippen LogP contribution >= 0.6 is 0 Å². The smallest absolute Gasteiger partial charge is 0.134 e. The minimum Gasteiger partial charge on any atom is -0.496 e. The van der Waals surface area contributed by atoms with Gasteiger partial charge >= 0.3 is 0 Å². The number of methoxy groups -OCH3 is 2. The number of hydrogen-bond donors (Lipinski definition) is 0. The van der Waals surface area contributed by atoms with Crippen molar-refractivity contribution in [1.82, 2.24) is 0 Å². The zero-order valence-electron chi connectivity index (χ0n) is 18.1. The third kappa shape index (κ3) is 2.66. The largest absolute Gasteiger partial charge is 0.496 e. The summed E-state index contributed by atoms with van der Waals surface area (Å²) >= 11 is 0. The first kappa shape index (κ1) is 18.7. The highest BCUT2D eigenvalue weighted by molar-refractivity contribution is 6.25. The van der Waals surface area contributed by atoms with Crippen LogP contribution in [-0.4, -0.2) is 14.2 Å². The van der Waals surface area contributed by atoms with Crippen LogP contribution in [0.2, 0.25) is 0 Å². The Bertz CT molecular complexity index is 1610. The highest BCUT2D eigenvalue weighted by Crippen LogP contribution is 2.42. The standard InChI is InChI=1S/C30H22O2/c1-31-29-13-7-12-27-26(29)17-16-20(30(27)32-2)19-14-15-25-23-10-4-3-8-21(23)22-9-5-6-11-24(22)28(25)18-19/h3-18H,1-2H3. The number of hydrogen-bond acceptors (Lipinski definition) is 2. The summed E-state index contributed by atoms with van der Waals surface area (Å²) in [5.41, 5.74) is 2.21. The third-order valence-electron chi connectivity index (χ3n) is 6.45. The summed E-state index contributed by atoms with van der Waals surface area (Å²) in [6.45, 7) is 0. The predicted molar refractivity (Wildman–Crippen MR) is 135 cm³/mol. The molecule has 0 atom stereocenters. The van der Waals surface area contributed by atoms with Crippen LogP contribution in [0.1, 0.15) is 0 Å². The van der Waals surface area contributed by atoms with E-state index < -0.39 is 0 Å². The molecule has 0 spiro atoms. The second-order valence-electron chi connectivity index (χ2n) is 8.05. The Morgan fingerprint density at radius 2 is 1.00 bits per heavy atom. The van der Waals surface area contributed by atoms with E-state index in [0.29, 0.717) is 0 Å². The summed E-state index contributed by atoms with van der Waals surface area (Å²) in [5, 5.41) is 9.74. The number of benzene rings is 6. The fraction of sp³-hybridized carbons (Fsp3) is 0.0667. The van der Waals surface area contributed by atoms with Crippen LogP contribution in [0, 0.1) is 0 Å².